The zero-order valence-corrected chi connectivity index (χ0v) is 39.2. The largest absolute Gasteiger partial charge is 0.444 e. The number of rotatable bonds is 10. The quantitative estimate of drug-likeness (QED) is 0.0798. The summed E-state index contributed by atoms with van der Waals surface area (Å²) in [6.07, 6.45) is 7.16. The highest BCUT2D eigenvalue weighted by Gasteiger charge is 2.26. The number of nitrogens with one attached hydrogen (secondary N) is 6. The first-order chi connectivity index (χ1) is 30.4. The Balaban J connectivity index is 0.000000191. The molecule has 0 saturated heterocycles. The predicted octanol–water partition coefficient (Wildman–Crippen LogP) is 12.5. The van der Waals surface area contributed by atoms with Crippen LogP contribution in [0.15, 0.2) is 119 Å². The maximum Gasteiger partial charge on any atom is 0.408 e. The Bertz CT molecular complexity index is 2680. The van der Waals surface area contributed by atoms with Gasteiger partial charge in [-0.2, -0.15) is 0 Å². The SMILES string of the molecule is CC(C)(C)OC(=O)N[C@@H](Cc1c[nH]c2ccc(Br)cc12)c1ncc(-c2ccc(F)cc2)[nH]1.CC(C)(C)OC(=O)N[C@H](Cc1c[nH]c2ccc(Br)cc12)c1ncc(-c2ccc(F)cc2)[nH]1. The van der Waals surface area contributed by atoms with Crippen LogP contribution < -0.4 is 10.6 Å². The third-order valence-electron chi connectivity index (χ3n) is 9.85. The number of benzene rings is 4. The molecule has 0 spiro atoms. The van der Waals surface area contributed by atoms with E-state index in [1.807, 2.05) is 90.3 Å². The number of ether oxygens (including phenoxy) is 2. The number of aromatic amines is 4. The van der Waals surface area contributed by atoms with Crippen molar-refractivity contribution < 1.29 is 27.8 Å². The van der Waals surface area contributed by atoms with Crippen LogP contribution in [-0.2, 0) is 22.3 Å². The second-order valence-electron chi connectivity index (χ2n) is 17.2. The molecule has 0 fully saturated rings. The number of nitrogens with zero attached hydrogens (tertiary/aromatic N) is 2. The van der Waals surface area contributed by atoms with E-state index >= 15 is 0 Å². The first-order valence-electron chi connectivity index (χ1n) is 20.5. The smallest absolute Gasteiger partial charge is 0.408 e. The van der Waals surface area contributed by atoms with Gasteiger partial charge in [-0.15, -0.1) is 0 Å². The van der Waals surface area contributed by atoms with Gasteiger partial charge in [-0.05, 0) is 149 Å². The van der Waals surface area contributed by atoms with Gasteiger partial charge < -0.3 is 40.0 Å². The summed E-state index contributed by atoms with van der Waals surface area (Å²) < 4.78 is 39.5. The van der Waals surface area contributed by atoms with Crippen LogP contribution in [0.2, 0.25) is 0 Å². The van der Waals surface area contributed by atoms with E-state index in [0.717, 1.165) is 64.4 Å². The summed E-state index contributed by atoms with van der Waals surface area (Å²) in [5.41, 5.74) is 5.90. The molecule has 64 heavy (non-hydrogen) atoms. The first kappa shape index (κ1) is 45.8. The van der Waals surface area contributed by atoms with E-state index in [1.54, 1.807) is 36.7 Å². The Morgan fingerprint density at radius 2 is 0.984 bits per heavy atom. The van der Waals surface area contributed by atoms with Gasteiger partial charge in [-0.3, -0.25) is 0 Å². The van der Waals surface area contributed by atoms with E-state index < -0.39 is 35.5 Å². The summed E-state index contributed by atoms with van der Waals surface area (Å²) in [6, 6.07) is 23.4. The van der Waals surface area contributed by atoms with Crippen LogP contribution in [0.3, 0.4) is 0 Å². The van der Waals surface area contributed by atoms with Gasteiger partial charge in [0.05, 0.1) is 35.9 Å². The monoisotopic (exact) mass is 996 g/mol. The van der Waals surface area contributed by atoms with Gasteiger partial charge in [0, 0.05) is 56.0 Å². The van der Waals surface area contributed by atoms with Crippen LogP contribution in [0.25, 0.3) is 44.3 Å². The molecule has 0 aliphatic heterocycles. The van der Waals surface area contributed by atoms with E-state index in [4.69, 9.17) is 9.47 Å². The fraction of sp³-hybridized carbons (Fsp3) is 0.250. The Hall–Kier alpha value is -6.26. The highest BCUT2D eigenvalue weighted by molar-refractivity contribution is 9.10. The van der Waals surface area contributed by atoms with Crippen LogP contribution in [0.5, 0.6) is 0 Å². The molecule has 4 aromatic carbocycles. The highest BCUT2D eigenvalue weighted by atomic mass is 79.9. The summed E-state index contributed by atoms with van der Waals surface area (Å²) in [7, 11) is 0. The standard InChI is InChI=1S/2C24H24BrFN4O2/c2*1-24(2,3)32-23(31)30-20(10-15-12-27-19-9-6-16(25)11-18(15)19)22-28-13-21(29-22)14-4-7-17(26)8-5-14/h2*4-9,11-13,20,27H,10H2,1-3H3,(H,28,29)(H,30,31)/t2*20-/m10/s1. The third kappa shape index (κ3) is 12.0. The zero-order valence-electron chi connectivity index (χ0n) is 36.0. The molecule has 4 heterocycles. The Morgan fingerprint density at radius 1 is 0.609 bits per heavy atom. The lowest BCUT2D eigenvalue weighted by atomic mass is 10.0. The van der Waals surface area contributed by atoms with Crippen LogP contribution in [-0.4, -0.2) is 53.3 Å². The summed E-state index contributed by atoms with van der Waals surface area (Å²) >= 11 is 7.04. The van der Waals surface area contributed by atoms with Crippen molar-refractivity contribution in [2.75, 3.05) is 0 Å². The van der Waals surface area contributed by atoms with Gasteiger partial charge in [0.2, 0.25) is 0 Å². The second-order valence-corrected chi connectivity index (χ2v) is 19.0. The van der Waals surface area contributed by atoms with Crippen molar-refractivity contribution in [1.82, 2.24) is 40.5 Å². The van der Waals surface area contributed by atoms with Crippen molar-refractivity contribution >= 4 is 65.9 Å². The predicted molar refractivity (Wildman–Crippen MR) is 252 cm³/mol. The minimum atomic E-state index is -0.622. The zero-order chi connectivity index (χ0) is 45.8. The molecule has 332 valence electrons. The number of halogens is 4. The minimum absolute atomic E-state index is 0.302. The third-order valence-corrected chi connectivity index (χ3v) is 10.8. The van der Waals surface area contributed by atoms with Crippen molar-refractivity contribution in [2.45, 2.75) is 77.7 Å². The van der Waals surface area contributed by atoms with Gasteiger partial charge in [-0.1, -0.05) is 31.9 Å². The molecule has 12 nitrogen and oxygen atoms in total. The van der Waals surface area contributed by atoms with Crippen molar-refractivity contribution in [3.63, 3.8) is 0 Å². The van der Waals surface area contributed by atoms with Crippen LogP contribution in [0, 0.1) is 11.6 Å². The fourth-order valence-corrected chi connectivity index (χ4v) is 7.71. The normalized spacial score (nSPS) is 12.7. The number of alkyl carbamates (subject to hydrolysis) is 2. The van der Waals surface area contributed by atoms with E-state index in [0.29, 0.717) is 24.5 Å². The molecular weight excluding hydrogens is 950 g/mol. The molecule has 0 saturated carbocycles. The van der Waals surface area contributed by atoms with E-state index in [-0.39, 0.29) is 11.6 Å². The Kier molecular flexibility index (Phi) is 13.7. The van der Waals surface area contributed by atoms with Crippen molar-refractivity contribution in [1.29, 1.82) is 0 Å². The van der Waals surface area contributed by atoms with Crippen molar-refractivity contribution in [2.24, 2.45) is 0 Å². The Labute approximate surface area is 385 Å². The summed E-state index contributed by atoms with van der Waals surface area (Å²) in [5, 5.41) is 7.99. The number of aromatic nitrogens is 6. The second kappa shape index (κ2) is 19.2. The molecule has 4 aromatic heterocycles. The average molecular weight is 999 g/mol. The average Bonchev–Trinajstić information content (AvgIpc) is 4.05. The number of hydrogen-bond acceptors (Lipinski definition) is 6. The van der Waals surface area contributed by atoms with Crippen LogP contribution in [0.1, 0.15) is 76.4 Å². The van der Waals surface area contributed by atoms with E-state index in [2.05, 4.69) is 72.4 Å². The minimum Gasteiger partial charge on any atom is -0.444 e. The molecule has 0 aliphatic carbocycles. The number of amides is 2. The lowest BCUT2D eigenvalue weighted by Gasteiger charge is -2.23. The van der Waals surface area contributed by atoms with Gasteiger partial charge in [0.1, 0.15) is 34.5 Å². The molecule has 0 bridgehead atoms. The molecule has 0 radical (unpaired) electrons. The lowest BCUT2D eigenvalue weighted by molar-refractivity contribution is 0.0489. The fourth-order valence-electron chi connectivity index (χ4n) is 6.99. The highest BCUT2D eigenvalue weighted by Crippen LogP contribution is 2.30. The lowest BCUT2D eigenvalue weighted by Crippen LogP contribution is -2.36. The van der Waals surface area contributed by atoms with Crippen LogP contribution in [0.4, 0.5) is 18.4 Å². The molecular formula is C48H48Br2F2N8O4. The molecule has 2 amide bonds. The topological polar surface area (TPSA) is 166 Å². The summed E-state index contributed by atoms with van der Waals surface area (Å²) in [6.45, 7) is 10.9. The van der Waals surface area contributed by atoms with Crippen molar-refractivity contribution in [3.8, 4) is 22.5 Å². The van der Waals surface area contributed by atoms with Gasteiger partial charge in [0.25, 0.3) is 0 Å². The first-order valence-corrected chi connectivity index (χ1v) is 22.1. The van der Waals surface area contributed by atoms with Gasteiger partial charge in [0.15, 0.2) is 0 Å². The number of carbonyl (C=O) groups is 2. The van der Waals surface area contributed by atoms with Crippen molar-refractivity contribution in [3.05, 3.63) is 153 Å². The number of H-pyrrole nitrogens is 4. The molecule has 16 heteroatoms. The number of imidazole rings is 2. The summed E-state index contributed by atoms with van der Waals surface area (Å²) in [4.78, 5) is 47.2. The maximum atomic E-state index is 13.3. The van der Waals surface area contributed by atoms with E-state index in [9.17, 15) is 18.4 Å². The molecule has 0 unspecified atom stereocenters. The molecule has 8 rings (SSSR count). The number of hydrogen-bond donors (Lipinski definition) is 6. The molecule has 8 aromatic rings. The molecule has 0 aliphatic rings. The van der Waals surface area contributed by atoms with Crippen LogP contribution >= 0.6 is 31.9 Å². The summed E-state index contributed by atoms with van der Waals surface area (Å²) in [5.74, 6) is 0.561. The Morgan fingerprint density at radius 3 is 1.34 bits per heavy atom. The maximum absolute atomic E-state index is 13.3. The number of fused-ring (bicyclic) bond motifs is 2. The van der Waals surface area contributed by atoms with Gasteiger partial charge >= 0.3 is 12.2 Å². The van der Waals surface area contributed by atoms with Gasteiger partial charge in [-0.25, -0.2) is 28.3 Å². The number of carbonyl (C=O) groups excluding carboxylic acids is 2. The molecule has 6 N–H and O–H groups in total. The van der Waals surface area contributed by atoms with E-state index in [1.165, 1.54) is 24.3 Å². The molecule has 2 atom stereocenters.